The summed E-state index contributed by atoms with van der Waals surface area (Å²) in [5.41, 5.74) is -0.395. The van der Waals surface area contributed by atoms with E-state index in [1.54, 1.807) is 6.07 Å². The summed E-state index contributed by atoms with van der Waals surface area (Å²) in [6.45, 7) is 2.99. The van der Waals surface area contributed by atoms with Crippen molar-refractivity contribution in [3.63, 3.8) is 0 Å². The van der Waals surface area contributed by atoms with Crippen molar-refractivity contribution in [3.8, 4) is 0 Å². The van der Waals surface area contributed by atoms with Crippen molar-refractivity contribution in [1.82, 2.24) is 15.2 Å². The lowest BCUT2D eigenvalue weighted by atomic mass is 10.0. The Kier molecular flexibility index (Phi) is 5.06. The maximum absolute atomic E-state index is 12.8. The molecule has 1 atom stereocenters. The van der Waals surface area contributed by atoms with Crippen LogP contribution in [0.15, 0.2) is 30.5 Å². The van der Waals surface area contributed by atoms with Crippen LogP contribution in [0.25, 0.3) is 0 Å². The number of hydrogen-bond donors (Lipinski definition) is 1. The number of piperidine rings is 1. The summed E-state index contributed by atoms with van der Waals surface area (Å²) >= 11 is 0. The Morgan fingerprint density at radius 3 is 2.88 bits per heavy atom. The average molecular weight is 351 g/mol. The fourth-order valence-electron chi connectivity index (χ4n) is 3.09. The molecule has 1 aliphatic rings. The third-order valence-corrected chi connectivity index (χ3v) is 4.37. The van der Waals surface area contributed by atoms with Crippen LogP contribution in [0, 0.1) is 0 Å². The Balaban J connectivity index is 1.80. The van der Waals surface area contributed by atoms with Crippen LogP contribution in [0.1, 0.15) is 38.2 Å². The molecule has 2 heterocycles. The number of halogens is 3. The Morgan fingerprint density at radius 2 is 2.12 bits per heavy atom. The van der Waals surface area contributed by atoms with Crippen LogP contribution in [0.3, 0.4) is 0 Å². The van der Waals surface area contributed by atoms with Gasteiger partial charge in [-0.3, -0.25) is 0 Å². The third-order valence-electron chi connectivity index (χ3n) is 4.37. The van der Waals surface area contributed by atoms with Gasteiger partial charge in [-0.25, -0.2) is 0 Å². The molecule has 1 saturated heterocycles. The van der Waals surface area contributed by atoms with Gasteiger partial charge in [-0.15, -0.1) is 5.10 Å². The van der Waals surface area contributed by atoms with Gasteiger partial charge in [-0.1, -0.05) is 13.0 Å². The second-order valence-electron chi connectivity index (χ2n) is 6.10. The lowest BCUT2D eigenvalue weighted by Gasteiger charge is -2.34. The lowest BCUT2D eigenvalue weighted by Crippen LogP contribution is -2.40. The molecular weight excluding hydrogens is 331 g/mol. The Labute approximate surface area is 144 Å². The van der Waals surface area contributed by atoms with Crippen LogP contribution in [-0.4, -0.2) is 27.8 Å². The molecule has 0 radical (unpaired) electrons. The summed E-state index contributed by atoms with van der Waals surface area (Å²) in [4.78, 5) is 6.57. The van der Waals surface area contributed by atoms with Crippen molar-refractivity contribution in [2.45, 2.75) is 44.8 Å². The largest absolute Gasteiger partial charge is 0.416 e. The first-order valence-electron chi connectivity index (χ1n) is 8.38. The Hall–Kier alpha value is -2.38. The van der Waals surface area contributed by atoms with Crippen LogP contribution < -0.4 is 10.2 Å². The van der Waals surface area contributed by atoms with Crippen LogP contribution >= 0.6 is 0 Å². The van der Waals surface area contributed by atoms with Gasteiger partial charge in [0.25, 0.3) is 0 Å². The Bertz CT molecular complexity index is 719. The van der Waals surface area contributed by atoms with Crippen LogP contribution in [-0.2, 0) is 6.18 Å². The second kappa shape index (κ2) is 7.25. The van der Waals surface area contributed by atoms with Crippen LogP contribution in [0.2, 0.25) is 0 Å². The summed E-state index contributed by atoms with van der Waals surface area (Å²) in [6.07, 6.45) is 1.37. The van der Waals surface area contributed by atoms with Crippen molar-refractivity contribution in [2.24, 2.45) is 0 Å². The van der Waals surface area contributed by atoms with E-state index in [1.165, 1.54) is 18.7 Å². The molecule has 1 aromatic heterocycles. The first-order valence-corrected chi connectivity index (χ1v) is 8.38. The van der Waals surface area contributed by atoms with Crippen LogP contribution in [0.4, 0.5) is 30.6 Å². The predicted molar refractivity (Wildman–Crippen MR) is 89.8 cm³/mol. The highest BCUT2D eigenvalue weighted by Gasteiger charge is 2.30. The van der Waals surface area contributed by atoms with Gasteiger partial charge >= 0.3 is 6.18 Å². The van der Waals surface area contributed by atoms with Gasteiger partial charge in [0.1, 0.15) is 0 Å². The van der Waals surface area contributed by atoms with E-state index < -0.39 is 11.7 Å². The molecule has 0 saturated carbocycles. The average Bonchev–Trinajstić information content (AvgIpc) is 2.61. The minimum atomic E-state index is -4.38. The minimum Gasteiger partial charge on any atom is -0.339 e. The van der Waals surface area contributed by atoms with Gasteiger partial charge in [0.2, 0.25) is 5.95 Å². The number of aromatic nitrogens is 3. The fraction of sp³-hybridized carbons (Fsp3) is 0.471. The maximum Gasteiger partial charge on any atom is 0.416 e. The summed E-state index contributed by atoms with van der Waals surface area (Å²) in [6, 6.07) is 5.39. The molecule has 1 N–H and O–H groups in total. The quantitative estimate of drug-likeness (QED) is 0.885. The third kappa shape index (κ3) is 4.18. The molecular formula is C17H20F3N5. The smallest absolute Gasteiger partial charge is 0.339 e. The fourth-order valence-corrected chi connectivity index (χ4v) is 3.09. The molecule has 1 aliphatic heterocycles. The monoisotopic (exact) mass is 351 g/mol. The highest BCUT2D eigenvalue weighted by molar-refractivity contribution is 5.57. The standard InChI is InChI=1S/C17H20F3N5/c1-2-14-8-3-4-9-25(14)16-23-15(11-21-24-16)22-13-7-5-6-12(10-13)17(18,19)20/h5-7,10-11,14H,2-4,8-9H2,1H3,(H,22,23,24). The molecule has 1 fully saturated rings. The zero-order valence-electron chi connectivity index (χ0n) is 13.9. The first kappa shape index (κ1) is 17.4. The van der Waals surface area contributed by atoms with E-state index >= 15 is 0 Å². The molecule has 3 rings (SSSR count). The van der Waals surface area contributed by atoms with Gasteiger partial charge in [-0.05, 0) is 43.9 Å². The molecule has 0 aliphatic carbocycles. The molecule has 1 unspecified atom stereocenters. The summed E-state index contributed by atoms with van der Waals surface area (Å²) in [7, 11) is 0. The van der Waals surface area contributed by atoms with Gasteiger partial charge < -0.3 is 10.2 Å². The SMILES string of the molecule is CCC1CCCCN1c1nncc(Nc2cccc(C(F)(F)F)c2)n1. The van der Waals surface area contributed by atoms with Crippen molar-refractivity contribution in [3.05, 3.63) is 36.0 Å². The summed E-state index contributed by atoms with van der Waals surface area (Å²) < 4.78 is 38.5. The summed E-state index contributed by atoms with van der Waals surface area (Å²) in [5, 5.41) is 10.9. The minimum absolute atomic E-state index is 0.312. The van der Waals surface area contributed by atoms with Gasteiger partial charge in [0.05, 0.1) is 11.8 Å². The molecule has 1 aromatic carbocycles. The van der Waals surface area contributed by atoms with E-state index in [1.807, 2.05) is 0 Å². The molecule has 0 amide bonds. The van der Waals surface area contributed by atoms with E-state index in [4.69, 9.17) is 0 Å². The zero-order chi connectivity index (χ0) is 17.9. The van der Waals surface area contributed by atoms with Crippen molar-refractivity contribution in [1.29, 1.82) is 0 Å². The number of alkyl halides is 3. The normalized spacial score (nSPS) is 18.2. The number of hydrogen-bond acceptors (Lipinski definition) is 5. The molecule has 8 heteroatoms. The molecule has 25 heavy (non-hydrogen) atoms. The molecule has 134 valence electrons. The molecule has 0 bridgehead atoms. The second-order valence-corrected chi connectivity index (χ2v) is 6.10. The molecule has 5 nitrogen and oxygen atoms in total. The van der Waals surface area contributed by atoms with E-state index in [2.05, 4.69) is 32.3 Å². The molecule has 2 aromatic rings. The number of nitrogens with zero attached hydrogens (tertiary/aromatic N) is 4. The van der Waals surface area contributed by atoms with E-state index in [-0.39, 0.29) is 0 Å². The Morgan fingerprint density at radius 1 is 1.28 bits per heavy atom. The maximum atomic E-state index is 12.8. The number of rotatable bonds is 4. The van der Waals surface area contributed by atoms with E-state index in [0.29, 0.717) is 23.5 Å². The van der Waals surface area contributed by atoms with Gasteiger partial charge in [-0.2, -0.15) is 23.3 Å². The molecule has 0 spiro atoms. The lowest BCUT2D eigenvalue weighted by molar-refractivity contribution is -0.137. The van der Waals surface area contributed by atoms with Gasteiger partial charge in [0, 0.05) is 18.3 Å². The van der Waals surface area contributed by atoms with Crippen molar-refractivity contribution in [2.75, 3.05) is 16.8 Å². The predicted octanol–water partition coefficient (Wildman–Crippen LogP) is 4.40. The zero-order valence-corrected chi connectivity index (χ0v) is 13.9. The highest BCUT2D eigenvalue weighted by Crippen LogP contribution is 2.31. The first-order chi connectivity index (χ1) is 12.0. The van der Waals surface area contributed by atoms with Crippen LogP contribution in [0.5, 0.6) is 0 Å². The van der Waals surface area contributed by atoms with E-state index in [0.717, 1.165) is 37.9 Å². The van der Waals surface area contributed by atoms with Crippen molar-refractivity contribution < 1.29 is 13.2 Å². The van der Waals surface area contributed by atoms with Gasteiger partial charge in [0.15, 0.2) is 5.82 Å². The highest BCUT2D eigenvalue weighted by atomic mass is 19.4. The number of anilines is 3. The summed E-state index contributed by atoms with van der Waals surface area (Å²) in [5.74, 6) is 0.897. The topological polar surface area (TPSA) is 53.9 Å². The number of benzene rings is 1. The van der Waals surface area contributed by atoms with Crippen molar-refractivity contribution >= 4 is 17.5 Å². The van der Waals surface area contributed by atoms with E-state index in [9.17, 15) is 13.2 Å². The number of nitrogens with one attached hydrogen (secondary N) is 1.